The van der Waals surface area contributed by atoms with Gasteiger partial charge in [0.25, 0.3) is 5.91 Å². The maximum absolute atomic E-state index is 13.0. The van der Waals surface area contributed by atoms with Crippen LogP contribution in [0.3, 0.4) is 0 Å². The van der Waals surface area contributed by atoms with Crippen LogP contribution in [-0.2, 0) is 9.53 Å². The second-order valence-corrected chi connectivity index (χ2v) is 5.23. The average molecular weight is 359 g/mol. The minimum absolute atomic E-state index is 0.0864. The molecule has 0 radical (unpaired) electrons. The monoisotopic (exact) mass is 359 g/mol. The molecule has 2 rings (SSSR count). The number of ether oxygens (including phenoxy) is 2. The number of benzene rings is 2. The van der Waals surface area contributed by atoms with Gasteiger partial charge >= 0.3 is 5.97 Å². The Hall–Kier alpha value is -3.22. The Balaban J connectivity index is 1.77. The van der Waals surface area contributed by atoms with E-state index < -0.39 is 30.8 Å². The summed E-state index contributed by atoms with van der Waals surface area (Å²) < 4.78 is 23.2. The molecule has 0 fully saturated rings. The standard InChI is InChI=1S/C19H18FNO5/c1-2-25-16-8-6-13(7-9-16)17(22)12-26-18(23)11-21-19(24)14-4-3-5-15(20)10-14/h3-10H,2,11-12H2,1H3,(H,21,24). The van der Waals surface area contributed by atoms with Gasteiger partial charge in [-0.1, -0.05) is 6.07 Å². The predicted octanol–water partition coefficient (Wildman–Crippen LogP) is 2.38. The largest absolute Gasteiger partial charge is 0.494 e. The fourth-order valence-corrected chi connectivity index (χ4v) is 2.07. The highest BCUT2D eigenvalue weighted by Gasteiger charge is 2.12. The molecule has 0 saturated heterocycles. The SMILES string of the molecule is CCOc1ccc(C(=O)COC(=O)CNC(=O)c2cccc(F)c2)cc1. The molecule has 7 heteroatoms. The van der Waals surface area contributed by atoms with Crippen LogP contribution in [0.4, 0.5) is 4.39 Å². The fraction of sp³-hybridized carbons (Fsp3) is 0.211. The number of Topliss-reactive ketones (excluding diaryl/α,β-unsaturated/α-hetero) is 1. The number of hydrogen-bond acceptors (Lipinski definition) is 5. The van der Waals surface area contributed by atoms with Crippen LogP contribution in [0, 0.1) is 5.82 Å². The zero-order valence-electron chi connectivity index (χ0n) is 14.2. The topological polar surface area (TPSA) is 81.7 Å². The number of hydrogen-bond donors (Lipinski definition) is 1. The molecule has 2 aromatic carbocycles. The fourth-order valence-electron chi connectivity index (χ4n) is 2.07. The van der Waals surface area contributed by atoms with Gasteiger partial charge in [-0.3, -0.25) is 14.4 Å². The van der Waals surface area contributed by atoms with Crippen LogP contribution in [0.25, 0.3) is 0 Å². The number of rotatable bonds is 8. The quantitative estimate of drug-likeness (QED) is 0.578. The summed E-state index contributed by atoms with van der Waals surface area (Å²) in [7, 11) is 0. The molecule has 0 aromatic heterocycles. The molecule has 136 valence electrons. The van der Waals surface area contributed by atoms with Crippen molar-refractivity contribution in [2.45, 2.75) is 6.92 Å². The predicted molar refractivity (Wildman–Crippen MR) is 91.6 cm³/mol. The number of carbonyl (C=O) groups excluding carboxylic acids is 3. The van der Waals surface area contributed by atoms with Crippen LogP contribution in [0.2, 0.25) is 0 Å². The highest BCUT2D eigenvalue weighted by Crippen LogP contribution is 2.12. The highest BCUT2D eigenvalue weighted by atomic mass is 19.1. The van der Waals surface area contributed by atoms with E-state index in [1.54, 1.807) is 24.3 Å². The van der Waals surface area contributed by atoms with Gasteiger partial charge in [-0.2, -0.15) is 0 Å². The second-order valence-electron chi connectivity index (χ2n) is 5.23. The van der Waals surface area contributed by atoms with Crippen LogP contribution in [-0.4, -0.2) is 37.4 Å². The van der Waals surface area contributed by atoms with Crippen molar-refractivity contribution in [2.24, 2.45) is 0 Å². The molecule has 0 aliphatic rings. The van der Waals surface area contributed by atoms with Crippen LogP contribution in [0.5, 0.6) is 5.75 Å². The third-order valence-corrected chi connectivity index (χ3v) is 3.33. The Bertz CT molecular complexity index is 789. The van der Waals surface area contributed by atoms with Crippen LogP contribution >= 0.6 is 0 Å². The van der Waals surface area contributed by atoms with Gasteiger partial charge in [0.2, 0.25) is 0 Å². The molecular formula is C19H18FNO5. The van der Waals surface area contributed by atoms with E-state index in [1.807, 2.05) is 6.92 Å². The van der Waals surface area contributed by atoms with Gasteiger partial charge < -0.3 is 14.8 Å². The van der Waals surface area contributed by atoms with Crippen molar-refractivity contribution in [1.82, 2.24) is 5.32 Å². The number of carbonyl (C=O) groups is 3. The van der Waals surface area contributed by atoms with Gasteiger partial charge in [-0.05, 0) is 49.4 Å². The van der Waals surface area contributed by atoms with Gasteiger partial charge in [-0.25, -0.2) is 4.39 Å². The number of nitrogens with one attached hydrogen (secondary N) is 1. The summed E-state index contributed by atoms with van der Waals surface area (Å²) in [5, 5.41) is 2.30. The van der Waals surface area contributed by atoms with Gasteiger partial charge in [0.05, 0.1) is 6.61 Å². The Morgan fingerprint density at radius 3 is 2.42 bits per heavy atom. The van der Waals surface area contributed by atoms with E-state index in [0.717, 1.165) is 6.07 Å². The number of amides is 1. The van der Waals surface area contributed by atoms with Crippen molar-refractivity contribution in [2.75, 3.05) is 19.8 Å². The molecule has 0 unspecified atom stereocenters. The van der Waals surface area contributed by atoms with Crippen LogP contribution in [0.15, 0.2) is 48.5 Å². The molecular weight excluding hydrogens is 341 g/mol. The first-order valence-electron chi connectivity index (χ1n) is 7.95. The summed E-state index contributed by atoms with van der Waals surface area (Å²) in [6.07, 6.45) is 0. The van der Waals surface area contributed by atoms with Crippen molar-refractivity contribution in [3.63, 3.8) is 0 Å². The number of esters is 1. The summed E-state index contributed by atoms with van der Waals surface area (Å²) >= 11 is 0. The lowest BCUT2D eigenvalue weighted by molar-refractivity contribution is -0.141. The first-order valence-corrected chi connectivity index (χ1v) is 7.95. The summed E-state index contributed by atoms with van der Waals surface area (Å²) in [4.78, 5) is 35.4. The summed E-state index contributed by atoms with van der Waals surface area (Å²) in [6, 6.07) is 11.5. The Labute approximate surface area is 149 Å². The summed E-state index contributed by atoms with van der Waals surface area (Å²) in [5.74, 6) is -1.67. The minimum atomic E-state index is -0.769. The third-order valence-electron chi connectivity index (χ3n) is 3.33. The maximum atomic E-state index is 13.0. The van der Waals surface area contributed by atoms with Gasteiger partial charge in [-0.15, -0.1) is 0 Å². The zero-order valence-corrected chi connectivity index (χ0v) is 14.2. The molecule has 6 nitrogen and oxygen atoms in total. The number of halogens is 1. The van der Waals surface area contributed by atoms with Gasteiger partial charge in [0.1, 0.15) is 18.1 Å². The molecule has 0 saturated carbocycles. The lowest BCUT2D eigenvalue weighted by atomic mass is 10.1. The van der Waals surface area contributed by atoms with Crippen molar-refractivity contribution in [3.8, 4) is 5.75 Å². The molecule has 0 aliphatic carbocycles. The molecule has 0 bridgehead atoms. The normalized spacial score (nSPS) is 10.1. The van der Waals surface area contributed by atoms with Crippen molar-refractivity contribution < 1.29 is 28.2 Å². The molecule has 1 amide bonds. The molecule has 26 heavy (non-hydrogen) atoms. The zero-order chi connectivity index (χ0) is 18.9. The molecule has 0 atom stereocenters. The van der Waals surface area contributed by atoms with E-state index >= 15 is 0 Å². The lowest BCUT2D eigenvalue weighted by Crippen LogP contribution is -2.31. The smallest absolute Gasteiger partial charge is 0.325 e. The average Bonchev–Trinajstić information content (AvgIpc) is 2.65. The van der Waals surface area contributed by atoms with Crippen molar-refractivity contribution in [3.05, 3.63) is 65.5 Å². The first-order chi connectivity index (χ1) is 12.5. The second kappa shape index (κ2) is 9.31. The van der Waals surface area contributed by atoms with Crippen molar-refractivity contribution in [1.29, 1.82) is 0 Å². The minimum Gasteiger partial charge on any atom is -0.494 e. The van der Waals surface area contributed by atoms with Crippen molar-refractivity contribution >= 4 is 17.7 Å². The Morgan fingerprint density at radius 2 is 1.77 bits per heavy atom. The van der Waals surface area contributed by atoms with E-state index in [2.05, 4.69) is 5.32 Å². The van der Waals surface area contributed by atoms with E-state index in [4.69, 9.17) is 9.47 Å². The van der Waals surface area contributed by atoms with E-state index in [0.29, 0.717) is 17.9 Å². The Kier molecular flexibility index (Phi) is 6.84. The van der Waals surface area contributed by atoms with E-state index in [-0.39, 0.29) is 11.3 Å². The molecule has 0 spiro atoms. The highest BCUT2D eigenvalue weighted by molar-refractivity contribution is 5.98. The third kappa shape index (κ3) is 5.70. The first kappa shape index (κ1) is 19.1. The Morgan fingerprint density at radius 1 is 1.04 bits per heavy atom. The maximum Gasteiger partial charge on any atom is 0.325 e. The van der Waals surface area contributed by atoms with Crippen LogP contribution < -0.4 is 10.1 Å². The molecule has 0 heterocycles. The molecule has 0 aliphatic heterocycles. The summed E-state index contributed by atoms with van der Waals surface area (Å²) in [5.41, 5.74) is 0.466. The van der Waals surface area contributed by atoms with E-state index in [1.165, 1.54) is 18.2 Å². The molecule has 2 aromatic rings. The van der Waals surface area contributed by atoms with Gasteiger partial charge in [0, 0.05) is 11.1 Å². The van der Waals surface area contributed by atoms with Gasteiger partial charge in [0.15, 0.2) is 12.4 Å². The lowest BCUT2D eigenvalue weighted by Gasteiger charge is -2.07. The van der Waals surface area contributed by atoms with E-state index in [9.17, 15) is 18.8 Å². The molecule has 1 N–H and O–H groups in total. The van der Waals surface area contributed by atoms with Crippen LogP contribution in [0.1, 0.15) is 27.6 Å². The number of ketones is 1. The summed E-state index contributed by atoms with van der Waals surface area (Å²) in [6.45, 7) is 1.51.